The molecule has 17 heavy (non-hydrogen) atoms. The maximum Gasteiger partial charge on any atom is 0.249 e. The first-order valence-electron chi connectivity index (χ1n) is 5.96. The van der Waals surface area contributed by atoms with Crippen molar-refractivity contribution in [2.45, 2.75) is 31.8 Å². The number of hydrogen-bond acceptors (Lipinski definition) is 3. The van der Waals surface area contributed by atoms with Gasteiger partial charge in [-0.3, -0.25) is 9.59 Å². The van der Waals surface area contributed by atoms with Crippen LogP contribution in [-0.4, -0.2) is 43.5 Å². The van der Waals surface area contributed by atoms with E-state index in [2.05, 4.69) is 10.6 Å². The lowest BCUT2D eigenvalue weighted by atomic mass is 10.2. The zero-order chi connectivity index (χ0) is 12.5. The summed E-state index contributed by atoms with van der Waals surface area (Å²) in [4.78, 5) is 22.7. The Morgan fingerprint density at radius 2 is 2.06 bits per heavy atom. The van der Waals surface area contributed by atoms with E-state index in [1.54, 1.807) is 0 Å². The largest absolute Gasteiger partial charge is 0.368 e. The molecule has 2 N–H and O–H groups in total. The van der Waals surface area contributed by atoms with Crippen molar-refractivity contribution in [3.63, 3.8) is 0 Å². The molecule has 0 saturated carbocycles. The summed E-state index contributed by atoms with van der Waals surface area (Å²) in [5.74, 6) is 0.373. The number of halogens is 1. The van der Waals surface area contributed by atoms with E-state index in [0.717, 1.165) is 12.8 Å². The molecule has 0 aromatic heterocycles. The Kier molecular flexibility index (Phi) is 6.96. The molecular formula is C11H19ClN2O3. The van der Waals surface area contributed by atoms with Crippen LogP contribution in [0.15, 0.2) is 0 Å². The Morgan fingerprint density at radius 3 is 2.71 bits per heavy atom. The summed E-state index contributed by atoms with van der Waals surface area (Å²) < 4.78 is 5.23. The van der Waals surface area contributed by atoms with Gasteiger partial charge in [-0.25, -0.2) is 0 Å². The van der Waals surface area contributed by atoms with Crippen LogP contribution in [0.5, 0.6) is 0 Å². The SMILES string of the molecule is O=C(CCCCl)NCCNC(=O)C1CCCO1. The molecule has 2 amide bonds. The summed E-state index contributed by atoms with van der Waals surface area (Å²) in [6.45, 7) is 1.54. The van der Waals surface area contributed by atoms with Gasteiger partial charge in [0, 0.05) is 32.0 Å². The number of rotatable bonds is 7. The monoisotopic (exact) mass is 262 g/mol. The third kappa shape index (κ3) is 5.89. The number of carbonyl (C=O) groups excluding carboxylic acids is 2. The zero-order valence-corrected chi connectivity index (χ0v) is 10.6. The highest BCUT2D eigenvalue weighted by Crippen LogP contribution is 2.11. The Balaban J connectivity index is 1.99. The molecule has 1 aliphatic heterocycles. The molecule has 1 heterocycles. The van der Waals surface area contributed by atoms with E-state index < -0.39 is 0 Å². The van der Waals surface area contributed by atoms with Gasteiger partial charge >= 0.3 is 0 Å². The second-order valence-electron chi connectivity index (χ2n) is 3.94. The normalized spacial score (nSPS) is 19.0. The van der Waals surface area contributed by atoms with Crippen molar-refractivity contribution in [2.75, 3.05) is 25.6 Å². The topological polar surface area (TPSA) is 67.4 Å². The van der Waals surface area contributed by atoms with Crippen molar-refractivity contribution in [1.29, 1.82) is 0 Å². The van der Waals surface area contributed by atoms with Crippen molar-refractivity contribution < 1.29 is 14.3 Å². The first-order chi connectivity index (χ1) is 8.24. The second kappa shape index (κ2) is 8.31. The lowest BCUT2D eigenvalue weighted by molar-refractivity contribution is -0.130. The Labute approximate surface area is 106 Å². The second-order valence-corrected chi connectivity index (χ2v) is 4.31. The van der Waals surface area contributed by atoms with Gasteiger partial charge in [0.25, 0.3) is 0 Å². The van der Waals surface area contributed by atoms with E-state index >= 15 is 0 Å². The van der Waals surface area contributed by atoms with E-state index in [1.165, 1.54) is 0 Å². The van der Waals surface area contributed by atoms with Crippen LogP contribution in [0.25, 0.3) is 0 Å². The molecule has 1 saturated heterocycles. The van der Waals surface area contributed by atoms with Crippen molar-refractivity contribution in [2.24, 2.45) is 0 Å². The maximum atomic E-state index is 11.5. The van der Waals surface area contributed by atoms with E-state index in [1.807, 2.05) is 0 Å². The molecule has 1 unspecified atom stereocenters. The average Bonchev–Trinajstić information content (AvgIpc) is 2.85. The quantitative estimate of drug-likeness (QED) is 0.516. The summed E-state index contributed by atoms with van der Waals surface area (Å²) >= 11 is 5.47. The van der Waals surface area contributed by atoms with Crippen LogP contribution in [0.3, 0.4) is 0 Å². The molecule has 0 bridgehead atoms. The number of amides is 2. The lowest BCUT2D eigenvalue weighted by Crippen LogP contribution is -2.39. The summed E-state index contributed by atoms with van der Waals surface area (Å²) in [5.41, 5.74) is 0. The highest BCUT2D eigenvalue weighted by Gasteiger charge is 2.22. The van der Waals surface area contributed by atoms with Crippen LogP contribution in [0.4, 0.5) is 0 Å². The molecule has 6 heteroatoms. The van der Waals surface area contributed by atoms with Crippen LogP contribution in [0, 0.1) is 0 Å². The van der Waals surface area contributed by atoms with Gasteiger partial charge in [0.05, 0.1) is 0 Å². The van der Waals surface area contributed by atoms with Crippen LogP contribution in [0.1, 0.15) is 25.7 Å². The van der Waals surface area contributed by atoms with E-state index in [4.69, 9.17) is 16.3 Å². The van der Waals surface area contributed by atoms with Crippen molar-refractivity contribution >= 4 is 23.4 Å². The summed E-state index contributed by atoms with van der Waals surface area (Å²) in [6.07, 6.45) is 2.53. The maximum absolute atomic E-state index is 11.5. The molecule has 98 valence electrons. The molecular weight excluding hydrogens is 244 g/mol. The van der Waals surface area contributed by atoms with Gasteiger partial charge < -0.3 is 15.4 Å². The standard InChI is InChI=1S/C11H19ClN2O3/c12-5-1-4-10(15)13-6-7-14-11(16)9-3-2-8-17-9/h9H,1-8H2,(H,13,15)(H,14,16). The summed E-state index contributed by atoms with van der Waals surface area (Å²) in [5, 5.41) is 5.44. The van der Waals surface area contributed by atoms with Crippen molar-refractivity contribution in [1.82, 2.24) is 10.6 Å². The van der Waals surface area contributed by atoms with Gasteiger partial charge in [-0.15, -0.1) is 11.6 Å². The van der Waals surface area contributed by atoms with E-state index in [0.29, 0.717) is 38.4 Å². The first-order valence-corrected chi connectivity index (χ1v) is 6.49. The van der Waals surface area contributed by atoms with Crippen LogP contribution in [0.2, 0.25) is 0 Å². The fourth-order valence-corrected chi connectivity index (χ4v) is 1.74. The molecule has 5 nitrogen and oxygen atoms in total. The third-order valence-electron chi connectivity index (χ3n) is 2.51. The number of nitrogens with one attached hydrogen (secondary N) is 2. The fourth-order valence-electron chi connectivity index (χ4n) is 1.60. The average molecular weight is 263 g/mol. The summed E-state index contributed by atoms with van der Waals surface area (Å²) in [6, 6.07) is 0. The van der Waals surface area contributed by atoms with E-state index in [-0.39, 0.29) is 17.9 Å². The first kappa shape index (κ1) is 14.3. The van der Waals surface area contributed by atoms with Crippen LogP contribution in [-0.2, 0) is 14.3 Å². The van der Waals surface area contributed by atoms with Gasteiger partial charge in [-0.2, -0.15) is 0 Å². The molecule has 1 fully saturated rings. The zero-order valence-electron chi connectivity index (χ0n) is 9.84. The Bertz CT molecular complexity index is 255. The van der Waals surface area contributed by atoms with Crippen LogP contribution >= 0.6 is 11.6 Å². The highest BCUT2D eigenvalue weighted by molar-refractivity contribution is 6.17. The molecule has 0 aromatic rings. The van der Waals surface area contributed by atoms with Gasteiger partial charge in [-0.05, 0) is 19.3 Å². The van der Waals surface area contributed by atoms with Gasteiger partial charge in [0.1, 0.15) is 6.10 Å². The molecule has 0 aromatic carbocycles. The van der Waals surface area contributed by atoms with Gasteiger partial charge in [0.15, 0.2) is 0 Å². The molecule has 0 radical (unpaired) electrons. The van der Waals surface area contributed by atoms with Gasteiger partial charge in [-0.1, -0.05) is 0 Å². The smallest absolute Gasteiger partial charge is 0.249 e. The number of alkyl halides is 1. The molecule has 0 spiro atoms. The van der Waals surface area contributed by atoms with Crippen molar-refractivity contribution in [3.05, 3.63) is 0 Å². The highest BCUT2D eigenvalue weighted by atomic mass is 35.5. The third-order valence-corrected chi connectivity index (χ3v) is 2.77. The van der Waals surface area contributed by atoms with Crippen molar-refractivity contribution in [3.8, 4) is 0 Å². The van der Waals surface area contributed by atoms with Crippen LogP contribution < -0.4 is 10.6 Å². The van der Waals surface area contributed by atoms with Gasteiger partial charge in [0.2, 0.25) is 11.8 Å². The molecule has 1 atom stereocenters. The fraction of sp³-hybridized carbons (Fsp3) is 0.818. The molecule has 1 aliphatic rings. The Hall–Kier alpha value is -0.810. The minimum Gasteiger partial charge on any atom is -0.368 e. The minimum absolute atomic E-state index is 0.0305. The molecule has 1 rings (SSSR count). The molecule has 0 aliphatic carbocycles. The predicted octanol–water partition coefficient (Wildman–Crippen LogP) is 0.417. The van der Waals surface area contributed by atoms with E-state index in [9.17, 15) is 9.59 Å². The lowest BCUT2D eigenvalue weighted by Gasteiger charge is -2.10. The number of ether oxygens (including phenoxy) is 1. The Morgan fingerprint density at radius 1 is 1.29 bits per heavy atom. The number of carbonyl (C=O) groups is 2. The summed E-state index contributed by atoms with van der Waals surface area (Å²) in [7, 11) is 0. The number of hydrogen-bond donors (Lipinski definition) is 2. The minimum atomic E-state index is -0.304. The predicted molar refractivity (Wildman–Crippen MR) is 64.9 cm³/mol.